The Hall–Kier alpha value is -1.16. The summed E-state index contributed by atoms with van der Waals surface area (Å²) >= 11 is 0. The second kappa shape index (κ2) is 4.91. The first-order valence-corrected chi connectivity index (χ1v) is 4.71. The lowest BCUT2D eigenvalue weighted by molar-refractivity contribution is -0.122. The number of hydrogen-bond donors (Lipinski definition) is 0. The standard InChI is InChI=1S/C10H16N2O2/c1-4-12-9(5-8(2)11-12)6-10(13)7-14-3/h5H,4,6-7H2,1-3H3. The molecule has 0 aliphatic carbocycles. The third kappa shape index (κ3) is 2.67. The van der Waals surface area contributed by atoms with Crippen LogP contribution >= 0.6 is 0 Å². The highest BCUT2D eigenvalue weighted by atomic mass is 16.5. The number of Topliss-reactive ketones (excluding diaryl/α,β-unsaturated/α-hetero) is 1. The second-order valence-corrected chi connectivity index (χ2v) is 3.24. The zero-order valence-corrected chi connectivity index (χ0v) is 8.91. The molecule has 0 saturated carbocycles. The van der Waals surface area contributed by atoms with Crippen molar-refractivity contribution in [1.29, 1.82) is 0 Å². The summed E-state index contributed by atoms with van der Waals surface area (Å²) in [5, 5.41) is 4.27. The van der Waals surface area contributed by atoms with Crippen LogP contribution in [0, 0.1) is 6.92 Å². The highest BCUT2D eigenvalue weighted by Crippen LogP contribution is 2.05. The largest absolute Gasteiger partial charge is 0.377 e. The van der Waals surface area contributed by atoms with Crippen LogP contribution in [0.5, 0.6) is 0 Å². The van der Waals surface area contributed by atoms with E-state index in [4.69, 9.17) is 4.74 Å². The summed E-state index contributed by atoms with van der Waals surface area (Å²) in [5.41, 5.74) is 1.92. The summed E-state index contributed by atoms with van der Waals surface area (Å²) in [6.45, 7) is 4.91. The molecule has 0 aliphatic rings. The number of methoxy groups -OCH3 is 1. The molecular weight excluding hydrogens is 180 g/mol. The molecule has 14 heavy (non-hydrogen) atoms. The number of ether oxygens (including phenoxy) is 1. The minimum Gasteiger partial charge on any atom is -0.377 e. The first kappa shape index (κ1) is 10.9. The van der Waals surface area contributed by atoms with Gasteiger partial charge in [0.15, 0.2) is 5.78 Å². The average Bonchev–Trinajstić information content (AvgIpc) is 2.46. The topological polar surface area (TPSA) is 44.1 Å². The van der Waals surface area contributed by atoms with E-state index < -0.39 is 0 Å². The number of hydrogen-bond acceptors (Lipinski definition) is 3. The van der Waals surface area contributed by atoms with Crippen molar-refractivity contribution in [2.75, 3.05) is 13.7 Å². The summed E-state index contributed by atoms with van der Waals surface area (Å²) in [6.07, 6.45) is 0.405. The van der Waals surface area contributed by atoms with E-state index in [1.165, 1.54) is 7.11 Å². The molecule has 0 aromatic carbocycles. The zero-order valence-electron chi connectivity index (χ0n) is 8.91. The predicted octanol–water partition coefficient (Wildman–Crippen LogP) is 0.969. The van der Waals surface area contributed by atoms with Crippen LogP contribution in [0.3, 0.4) is 0 Å². The summed E-state index contributed by atoms with van der Waals surface area (Å²) in [5.74, 6) is 0.0853. The van der Waals surface area contributed by atoms with Gasteiger partial charge in [-0.2, -0.15) is 5.10 Å². The van der Waals surface area contributed by atoms with E-state index in [0.717, 1.165) is 17.9 Å². The zero-order chi connectivity index (χ0) is 10.6. The Labute approximate surface area is 83.9 Å². The number of nitrogens with zero attached hydrogens (tertiary/aromatic N) is 2. The van der Waals surface area contributed by atoms with Gasteiger partial charge < -0.3 is 4.74 Å². The van der Waals surface area contributed by atoms with Crippen LogP contribution in [0.25, 0.3) is 0 Å². The van der Waals surface area contributed by atoms with Gasteiger partial charge in [-0.25, -0.2) is 0 Å². The molecule has 4 nitrogen and oxygen atoms in total. The van der Waals surface area contributed by atoms with E-state index in [1.54, 1.807) is 0 Å². The van der Waals surface area contributed by atoms with Gasteiger partial charge in [0.05, 0.1) is 12.1 Å². The maximum atomic E-state index is 11.3. The lowest BCUT2D eigenvalue weighted by atomic mass is 10.2. The van der Waals surface area contributed by atoms with E-state index in [0.29, 0.717) is 6.42 Å². The van der Waals surface area contributed by atoms with E-state index in [-0.39, 0.29) is 12.4 Å². The minimum absolute atomic E-state index is 0.0853. The molecule has 0 N–H and O–H groups in total. The molecule has 0 unspecified atom stereocenters. The van der Waals surface area contributed by atoms with Crippen LogP contribution in [0.15, 0.2) is 6.07 Å². The van der Waals surface area contributed by atoms with Gasteiger partial charge in [0, 0.05) is 19.3 Å². The lowest BCUT2D eigenvalue weighted by Gasteiger charge is -2.02. The fourth-order valence-electron chi connectivity index (χ4n) is 1.43. The third-order valence-corrected chi connectivity index (χ3v) is 1.97. The predicted molar refractivity (Wildman–Crippen MR) is 53.2 cm³/mol. The molecule has 0 saturated heterocycles. The van der Waals surface area contributed by atoms with Crippen molar-refractivity contribution in [3.8, 4) is 0 Å². The third-order valence-electron chi connectivity index (χ3n) is 1.97. The monoisotopic (exact) mass is 196 g/mol. The normalized spacial score (nSPS) is 10.5. The first-order valence-electron chi connectivity index (χ1n) is 4.71. The van der Waals surface area contributed by atoms with E-state index in [1.807, 2.05) is 24.6 Å². The average molecular weight is 196 g/mol. The summed E-state index contributed by atoms with van der Waals surface area (Å²) in [4.78, 5) is 11.3. The molecule has 1 aromatic rings. The second-order valence-electron chi connectivity index (χ2n) is 3.24. The number of aromatic nitrogens is 2. The van der Waals surface area contributed by atoms with Gasteiger partial charge in [0.1, 0.15) is 6.61 Å². The van der Waals surface area contributed by atoms with Gasteiger partial charge in [-0.1, -0.05) is 0 Å². The van der Waals surface area contributed by atoms with Crippen molar-refractivity contribution in [1.82, 2.24) is 9.78 Å². The van der Waals surface area contributed by atoms with Gasteiger partial charge in [-0.3, -0.25) is 9.48 Å². The van der Waals surface area contributed by atoms with Crippen molar-refractivity contribution in [2.24, 2.45) is 0 Å². The highest BCUT2D eigenvalue weighted by molar-refractivity contribution is 5.81. The van der Waals surface area contributed by atoms with Gasteiger partial charge >= 0.3 is 0 Å². The van der Waals surface area contributed by atoms with Crippen LogP contribution in [-0.2, 0) is 22.5 Å². The first-order chi connectivity index (χ1) is 6.67. The number of ketones is 1. The van der Waals surface area contributed by atoms with E-state index in [2.05, 4.69) is 5.10 Å². The van der Waals surface area contributed by atoms with Gasteiger partial charge in [-0.05, 0) is 19.9 Å². The van der Waals surface area contributed by atoms with Crippen molar-refractivity contribution in [2.45, 2.75) is 26.8 Å². The summed E-state index contributed by atoms with van der Waals surface area (Å²) < 4.78 is 6.63. The SMILES string of the molecule is CCn1nc(C)cc1CC(=O)COC. The van der Waals surface area contributed by atoms with Crippen molar-refractivity contribution in [3.63, 3.8) is 0 Å². The number of aryl methyl sites for hydroxylation is 2. The van der Waals surface area contributed by atoms with E-state index in [9.17, 15) is 4.79 Å². The number of carbonyl (C=O) groups is 1. The van der Waals surface area contributed by atoms with Gasteiger partial charge in [0.25, 0.3) is 0 Å². The van der Waals surface area contributed by atoms with Gasteiger partial charge in [0.2, 0.25) is 0 Å². The van der Waals surface area contributed by atoms with Crippen molar-refractivity contribution >= 4 is 5.78 Å². The van der Waals surface area contributed by atoms with E-state index >= 15 is 0 Å². The van der Waals surface area contributed by atoms with Crippen molar-refractivity contribution in [3.05, 3.63) is 17.5 Å². The fraction of sp³-hybridized carbons (Fsp3) is 0.600. The molecule has 0 atom stereocenters. The summed E-state index contributed by atoms with van der Waals surface area (Å²) in [7, 11) is 1.53. The maximum Gasteiger partial charge on any atom is 0.164 e. The maximum absolute atomic E-state index is 11.3. The molecule has 1 rings (SSSR count). The molecule has 0 spiro atoms. The Balaban J connectivity index is 2.70. The van der Waals surface area contributed by atoms with Crippen LogP contribution in [0.4, 0.5) is 0 Å². The van der Waals surface area contributed by atoms with Crippen LogP contribution in [0.2, 0.25) is 0 Å². The quantitative estimate of drug-likeness (QED) is 0.704. The van der Waals surface area contributed by atoms with Crippen LogP contribution in [-0.4, -0.2) is 29.3 Å². The van der Waals surface area contributed by atoms with Crippen molar-refractivity contribution < 1.29 is 9.53 Å². The molecule has 0 fully saturated rings. The molecular formula is C10H16N2O2. The molecule has 4 heteroatoms. The molecule has 0 aliphatic heterocycles. The highest BCUT2D eigenvalue weighted by Gasteiger charge is 2.08. The molecule has 0 radical (unpaired) electrons. The fourth-order valence-corrected chi connectivity index (χ4v) is 1.43. The Bertz CT molecular complexity index is 318. The van der Waals surface area contributed by atoms with Crippen LogP contribution < -0.4 is 0 Å². The Kier molecular flexibility index (Phi) is 3.83. The summed E-state index contributed by atoms with van der Waals surface area (Å²) in [6, 6.07) is 1.94. The molecule has 1 aromatic heterocycles. The molecule has 0 amide bonds. The molecule has 0 bridgehead atoms. The molecule has 78 valence electrons. The Morgan fingerprint density at radius 2 is 2.36 bits per heavy atom. The van der Waals surface area contributed by atoms with Crippen LogP contribution in [0.1, 0.15) is 18.3 Å². The number of carbonyl (C=O) groups excluding carboxylic acids is 1. The Morgan fingerprint density at radius 1 is 1.64 bits per heavy atom. The number of rotatable bonds is 5. The minimum atomic E-state index is 0.0853. The van der Waals surface area contributed by atoms with Gasteiger partial charge in [-0.15, -0.1) is 0 Å². The Morgan fingerprint density at radius 3 is 2.93 bits per heavy atom. The molecule has 1 heterocycles. The smallest absolute Gasteiger partial charge is 0.164 e. The lowest BCUT2D eigenvalue weighted by Crippen LogP contribution is -2.13.